The first-order chi connectivity index (χ1) is 10.1. The molecule has 4 nitrogen and oxygen atoms in total. The Labute approximate surface area is 126 Å². The first-order valence-corrected chi connectivity index (χ1v) is 7.39. The molecule has 0 amide bonds. The molecule has 6 heteroatoms. The molecule has 0 radical (unpaired) electrons. The lowest BCUT2D eigenvalue weighted by atomic mass is 10.1. The lowest BCUT2D eigenvalue weighted by Gasteiger charge is -2.08. The summed E-state index contributed by atoms with van der Waals surface area (Å²) >= 11 is 1.64. The fraction of sp³-hybridized carbons (Fsp3) is 0.133. The molecule has 0 unspecified atom stereocenters. The summed E-state index contributed by atoms with van der Waals surface area (Å²) in [5.74, 6) is 0.0848. The number of nitrogens with zero attached hydrogens (tertiary/aromatic N) is 1. The van der Waals surface area contributed by atoms with E-state index in [-0.39, 0.29) is 12.4 Å². The van der Waals surface area contributed by atoms with Crippen LogP contribution in [0.5, 0.6) is 5.75 Å². The van der Waals surface area contributed by atoms with E-state index in [0.29, 0.717) is 16.9 Å². The molecule has 0 bridgehead atoms. The van der Waals surface area contributed by atoms with Gasteiger partial charge in [0.15, 0.2) is 5.84 Å². The summed E-state index contributed by atoms with van der Waals surface area (Å²) in [7, 11) is 0. The number of nitrogens with two attached hydrogens (primary N) is 1. The van der Waals surface area contributed by atoms with Crippen molar-refractivity contribution in [1.82, 2.24) is 0 Å². The predicted octanol–water partition coefficient (Wildman–Crippen LogP) is 3.22. The molecule has 0 aliphatic heterocycles. The Bertz CT molecular complexity index is 645. The zero-order valence-electron chi connectivity index (χ0n) is 11.4. The van der Waals surface area contributed by atoms with Crippen LogP contribution in [0.3, 0.4) is 0 Å². The van der Waals surface area contributed by atoms with Gasteiger partial charge in [-0.1, -0.05) is 17.3 Å². The second-order valence-corrected chi connectivity index (χ2v) is 5.14. The van der Waals surface area contributed by atoms with E-state index in [4.69, 9.17) is 15.7 Å². The maximum Gasteiger partial charge on any atom is 0.170 e. The topological polar surface area (TPSA) is 67.8 Å². The number of oxime groups is 1. The number of amidine groups is 1. The van der Waals surface area contributed by atoms with Gasteiger partial charge < -0.3 is 15.7 Å². The largest absolute Gasteiger partial charge is 0.489 e. The lowest BCUT2D eigenvalue weighted by molar-refractivity contribution is 0.299. The van der Waals surface area contributed by atoms with Crippen LogP contribution < -0.4 is 10.5 Å². The van der Waals surface area contributed by atoms with Crippen LogP contribution in [0.25, 0.3) is 0 Å². The monoisotopic (exact) mass is 306 g/mol. The average Bonchev–Trinajstić information content (AvgIpc) is 2.53. The summed E-state index contributed by atoms with van der Waals surface area (Å²) < 4.78 is 19.4. The van der Waals surface area contributed by atoms with Gasteiger partial charge in [0, 0.05) is 16.0 Å². The highest BCUT2D eigenvalue weighted by Gasteiger charge is 2.07. The minimum atomic E-state index is -0.458. The Balaban J connectivity index is 2.05. The van der Waals surface area contributed by atoms with Crippen molar-refractivity contribution in [2.75, 3.05) is 6.26 Å². The highest BCUT2D eigenvalue weighted by Crippen LogP contribution is 2.20. The second-order valence-electron chi connectivity index (χ2n) is 4.26. The molecule has 0 saturated heterocycles. The average molecular weight is 306 g/mol. The van der Waals surface area contributed by atoms with Gasteiger partial charge in [-0.3, -0.25) is 0 Å². The van der Waals surface area contributed by atoms with Crippen LogP contribution in [0.1, 0.15) is 11.1 Å². The molecule has 21 heavy (non-hydrogen) atoms. The van der Waals surface area contributed by atoms with E-state index >= 15 is 0 Å². The molecule has 110 valence electrons. The van der Waals surface area contributed by atoms with Gasteiger partial charge in [-0.25, -0.2) is 4.39 Å². The molecule has 0 aliphatic rings. The van der Waals surface area contributed by atoms with Crippen LogP contribution in [0.15, 0.2) is 52.5 Å². The van der Waals surface area contributed by atoms with Gasteiger partial charge in [0.1, 0.15) is 18.2 Å². The van der Waals surface area contributed by atoms with Crippen molar-refractivity contribution in [2.24, 2.45) is 10.9 Å². The quantitative estimate of drug-likeness (QED) is 0.293. The van der Waals surface area contributed by atoms with Crippen molar-refractivity contribution in [1.29, 1.82) is 0 Å². The van der Waals surface area contributed by atoms with Crippen molar-refractivity contribution in [2.45, 2.75) is 11.5 Å². The normalized spacial score (nSPS) is 11.4. The third kappa shape index (κ3) is 3.88. The van der Waals surface area contributed by atoms with Crippen LogP contribution in [0.2, 0.25) is 0 Å². The van der Waals surface area contributed by atoms with Gasteiger partial charge in [0.25, 0.3) is 0 Å². The summed E-state index contributed by atoms with van der Waals surface area (Å²) in [4.78, 5) is 1.14. The zero-order chi connectivity index (χ0) is 15.2. The first-order valence-electron chi connectivity index (χ1n) is 6.17. The smallest absolute Gasteiger partial charge is 0.170 e. The SMILES string of the molecule is CSc1ccc(OCc2ccc(C(N)=NO)cc2F)cc1. The molecule has 0 aliphatic carbocycles. The van der Waals surface area contributed by atoms with E-state index in [1.807, 2.05) is 30.5 Å². The van der Waals surface area contributed by atoms with Crippen LogP contribution in [-0.2, 0) is 6.61 Å². The van der Waals surface area contributed by atoms with Gasteiger partial charge in [-0.15, -0.1) is 11.8 Å². The van der Waals surface area contributed by atoms with Crippen molar-refractivity contribution < 1.29 is 14.3 Å². The van der Waals surface area contributed by atoms with Gasteiger partial charge in [-0.05, 0) is 36.6 Å². The first kappa shape index (κ1) is 15.2. The van der Waals surface area contributed by atoms with Gasteiger partial charge in [-0.2, -0.15) is 0 Å². The van der Waals surface area contributed by atoms with E-state index in [0.717, 1.165) is 4.90 Å². The molecule has 2 aromatic carbocycles. The number of thioether (sulfide) groups is 1. The summed E-state index contributed by atoms with van der Waals surface area (Å²) in [6, 6.07) is 11.9. The molecular weight excluding hydrogens is 291 g/mol. The molecule has 0 aromatic heterocycles. The lowest BCUT2D eigenvalue weighted by Crippen LogP contribution is -2.13. The second kappa shape index (κ2) is 6.99. The predicted molar refractivity (Wildman–Crippen MR) is 81.5 cm³/mol. The molecule has 0 spiro atoms. The summed E-state index contributed by atoms with van der Waals surface area (Å²) in [5, 5.41) is 11.4. The van der Waals surface area contributed by atoms with E-state index < -0.39 is 5.82 Å². The number of rotatable bonds is 5. The number of hydrogen-bond donors (Lipinski definition) is 2. The standard InChI is InChI=1S/C15H15FN2O2S/c1-21-13-6-4-12(5-7-13)20-9-11-3-2-10(8-14(11)16)15(17)18-19/h2-8,19H,9H2,1H3,(H2,17,18). The zero-order valence-corrected chi connectivity index (χ0v) is 12.2. The van der Waals surface area contributed by atoms with Crippen LogP contribution in [-0.4, -0.2) is 17.3 Å². The Hall–Kier alpha value is -2.21. The van der Waals surface area contributed by atoms with E-state index in [1.165, 1.54) is 6.07 Å². The number of halogens is 1. The number of ether oxygens (including phenoxy) is 1. The summed E-state index contributed by atoms with van der Waals surface area (Å²) in [5.41, 5.74) is 6.13. The Morgan fingerprint density at radius 1 is 1.29 bits per heavy atom. The molecule has 3 N–H and O–H groups in total. The van der Waals surface area contributed by atoms with Crippen LogP contribution in [0, 0.1) is 5.82 Å². The van der Waals surface area contributed by atoms with Gasteiger partial charge in [0.2, 0.25) is 0 Å². The minimum absolute atomic E-state index is 0.112. The maximum absolute atomic E-state index is 13.9. The van der Waals surface area contributed by atoms with E-state index in [2.05, 4.69) is 5.16 Å². The van der Waals surface area contributed by atoms with E-state index in [9.17, 15) is 4.39 Å². The minimum Gasteiger partial charge on any atom is -0.489 e. The maximum atomic E-state index is 13.9. The highest BCUT2D eigenvalue weighted by atomic mass is 32.2. The number of hydrogen-bond acceptors (Lipinski definition) is 4. The van der Waals surface area contributed by atoms with Crippen molar-refractivity contribution in [3.05, 3.63) is 59.4 Å². The molecule has 0 heterocycles. The van der Waals surface area contributed by atoms with E-state index in [1.54, 1.807) is 23.9 Å². The van der Waals surface area contributed by atoms with Crippen molar-refractivity contribution in [3.63, 3.8) is 0 Å². The fourth-order valence-corrected chi connectivity index (χ4v) is 2.12. The Morgan fingerprint density at radius 3 is 2.57 bits per heavy atom. The van der Waals surface area contributed by atoms with Gasteiger partial charge in [0.05, 0.1) is 0 Å². The third-order valence-corrected chi connectivity index (χ3v) is 3.65. The Morgan fingerprint density at radius 2 is 2.00 bits per heavy atom. The highest BCUT2D eigenvalue weighted by molar-refractivity contribution is 7.98. The number of benzene rings is 2. The van der Waals surface area contributed by atoms with Crippen molar-refractivity contribution in [3.8, 4) is 5.75 Å². The van der Waals surface area contributed by atoms with Crippen molar-refractivity contribution >= 4 is 17.6 Å². The molecular formula is C15H15FN2O2S. The molecule has 0 fully saturated rings. The summed E-state index contributed by atoms with van der Waals surface area (Å²) in [6.45, 7) is 0.112. The molecule has 2 rings (SSSR count). The summed E-state index contributed by atoms with van der Waals surface area (Å²) in [6.07, 6.45) is 1.99. The third-order valence-electron chi connectivity index (χ3n) is 2.91. The Kier molecular flexibility index (Phi) is 5.05. The van der Waals surface area contributed by atoms with Crippen LogP contribution in [0.4, 0.5) is 4.39 Å². The molecule has 2 aromatic rings. The van der Waals surface area contributed by atoms with Crippen LogP contribution >= 0.6 is 11.8 Å². The fourth-order valence-electron chi connectivity index (χ4n) is 1.71. The van der Waals surface area contributed by atoms with Gasteiger partial charge >= 0.3 is 0 Å². The molecule has 0 saturated carbocycles. The molecule has 0 atom stereocenters.